The number of carbonyl (C=O) groups excluding carboxylic acids is 1. The molecule has 0 fully saturated rings. The Morgan fingerprint density at radius 3 is 2.71 bits per heavy atom. The summed E-state index contributed by atoms with van der Waals surface area (Å²) in [6, 6.07) is 8.92. The number of benzene rings is 1. The van der Waals surface area contributed by atoms with Crippen molar-refractivity contribution in [3.8, 4) is 5.75 Å². The van der Waals surface area contributed by atoms with Gasteiger partial charge in [-0.15, -0.1) is 11.8 Å². The zero-order chi connectivity index (χ0) is 10.4. The van der Waals surface area contributed by atoms with E-state index >= 15 is 0 Å². The van der Waals surface area contributed by atoms with Crippen LogP contribution in [-0.4, -0.2) is 17.1 Å². The Morgan fingerprint density at radius 2 is 2.14 bits per heavy atom. The van der Waals surface area contributed by atoms with E-state index in [1.165, 1.54) is 11.8 Å². The molecule has 0 aliphatic rings. The first-order valence-corrected chi connectivity index (χ1v) is 5.43. The molecular weight excluding hydrogens is 198 g/mol. The van der Waals surface area contributed by atoms with Crippen LogP contribution in [0.5, 0.6) is 5.75 Å². The molecule has 2 N–H and O–H groups in total. The van der Waals surface area contributed by atoms with Gasteiger partial charge in [-0.2, -0.15) is 0 Å². The van der Waals surface area contributed by atoms with E-state index < -0.39 is 11.3 Å². The molecule has 1 rings (SSSR count). The molecule has 0 spiro atoms. The van der Waals surface area contributed by atoms with Crippen LogP contribution in [0.4, 0.5) is 0 Å². The molecule has 0 bridgehead atoms. The standard InChI is InChI=1S/C10H13NO2S/c1-2-14-9(11)10(12)13-8-6-4-3-5-7-8/h3-7,9H,2,11H2,1H3. The minimum atomic E-state index is -0.597. The molecule has 0 aliphatic carbocycles. The third kappa shape index (κ3) is 3.40. The quantitative estimate of drug-likeness (QED) is 0.467. The second-order valence-corrected chi connectivity index (χ2v) is 4.03. The first-order chi connectivity index (χ1) is 6.74. The summed E-state index contributed by atoms with van der Waals surface area (Å²) >= 11 is 1.36. The highest BCUT2D eigenvalue weighted by molar-refractivity contribution is 8.00. The summed E-state index contributed by atoms with van der Waals surface area (Å²) in [5, 5.41) is -0.597. The molecule has 3 nitrogen and oxygen atoms in total. The number of ether oxygens (including phenoxy) is 1. The lowest BCUT2D eigenvalue weighted by atomic mass is 10.3. The highest BCUT2D eigenvalue weighted by atomic mass is 32.2. The van der Waals surface area contributed by atoms with E-state index in [1.807, 2.05) is 13.0 Å². The summed E-state index contributed by atoms with van der Waals surface area (Å²) in [4.78, 5) is 11.3. The van der Waals surface area contributed by atoms with Crippen molar-refractivity contribution in [3.63, 3.8) is 0 Å². The van der Waals surface area contributed by atoms with E-state index in [9.17, 15) is 4.79 Å². The Labute approximate surface area is 87.6 Å². The van der Waals surface area contributed by atoms with Gasteiger partial charge >= 0.3 is 5.97 Å². The van der Waals surface area contributed by atoms with Crippen molar-refractivity contribution in [2.75, 3.05) is 5.75 Å². The first kappa shape index (κ1) is 11.1. The van der Waals surface area contributed by atoms with Crippen LogP contribution in [-0.2, 0) is 4.79 Å². The topological polar surface area (TPSA) is 52.3 Å². The number of hydrogen-bond donors (Lipinski definition) is 1. The van der Waals surface area contributed by atoms with Gasteiger partial charge < -0.3 is 10.5 Å². The van der Waals surface area contributed by atoms with Crippen molar-refractivity contribution in [1.29, 1.82) is 0 Å². The van der Waals surface area contributed by atoms with Crippen LogP contribution < -0.4 is 10.5 Å². The zero-order valence-electron chi connectivity index (χ0n) is 7.97. The molecule has 0 heterocycles. The molecule has 0 radical (unpaired) electrons. The number of nitrogens with two attached hydrogens (primary N) is 1. The van der Waals surface area contributed by atoms with Gasteiger partial charge in [-0.1, -0.05) is 25.1 Å². The van der Waals surface area contributed by atoms with Crippen molar-refractivity contribution < 1.29 is 9.53 Å². The Bertz CT molecular complexity index is 289. The van der Waals surface area contributed by atoms with Gasteiger partial charge in [0.2, 0.25) is 0 Å². The number of carbonyl (C=O) groups is 1. The molecule has 1 aromatic rings. The highest BCUT2D eigenvalue weighted by Gasteiger charge is 2.14. The van der Waals surface area contributed by atoms with Crippen LogP contribution in [0, 0.1) is 0 Å². The molecule has 0 aromatic heterocycles. The van der Waals surface area contributed by atoms with Crippen LogP contribution in [0.2, 0.25) is 0 Å². The van der Waals surface area contributed by atoms with Crippen LogP contribution in [0.3, 0.4) is 0 Å². The molecule has 0 saturated carbocycles. The Morgan fingerprint density at radius 1 is 1.50 bits per heavy atom. The first-order valence-electron chi connectivity index (χ1n) is 4.38. The highest BCUT2D eigenvalue weighted by Crippen LogP contribution is 2.12. The molecular formula is C10H13NO2S. The molecule has 0 aliphatic heterocycles. The Balaban J connectivity index is 2.49. The van der Waals surface area contributed by atoms with Crippen LogP contribution in [0.15, 0.2) is 30.3 Å². The summed E-state index contributed by atoms with van der Waals surface area (Å²) in [5.41, 5.74) is 5.56. The summed E-state index contributed by atoms with van der Waals surface area (Å²) in [6.45, 7) is 1.94. The minimum absolute atomic E-state index is 0.400. The predicted octanol–water partition coefficient (Wildman–Crippen LogP) is 1.63. The second-order valence-electron chi connectivity index (χ2n) is 2.61. The fourth-order valence-corrected chi connectivity index (χ4v) is 1.45. The summed E-state index contributed by atoms with van der Waals surface area (Å²) in [5.74, 6) is 0.929. The lowest BCUT2D eigenvalue weighted by Crippen LogP contribution is -2.31. The van der Waals surface area contributed by atoms with E-state index in [0.717, 1.165) is 5.75 Å². The van der Waals surface area contributed by atoms with Crippen molar-refractivity contribution in [2.45, 2.75) is 12.3 Å². The molecule has 76 valence electrons. The molecule has 1 aromatic carbocycles. The molecule has 1 atom stereocenters. The fourth-order valence-electron chi connectivity index (χ4n) is 0.910. The third-order valence-corrected chi connectivity index (χ3v) is 2.43. The van der Waals surface area contributed by atoms with Gasteiger partial charge in [0.25, 0.3) is 0 Å². The maximum absolute atomic E-state index is 11.3. The van der Waals surface area contributed by atoms with Gasteiger partial charge in [-0.25, -0.2) is 4.79 Å². The van der Waals surface area contributed by atoms with Gasteiger partial charge in [0.1, 0.15) is 5.75 Å². The van der Waals surface area contributed by atoms with E-state index in [-0.39, 0.29) is 0 Å². The van der Waals surface area contributed by atoms with Crippen molar-refractivity contribution in [2.24, 2.45) is 5.73 Å². The van der Waals surface area contributed by atoms with E-state index in [0.29, 0.717) is 5.75 Å². The van der Waals surface area contributed by atoms with Gasteiger partial charge in [0, 0.05) is 0 Å². The van der Waals surface area contributed by atoms with Gasteiger partial charge in [-0.3, -0.25) is 0 Å². The SMILES string of the molecule is CCSC(N)C(=O)Oc1ccccc1. The summed E-state index contributed by atoms with van der Waals surface area (Å²) in [6.07, 6.45) is 0. The van der Waals surface area contributed by atoms with Gasteiger partial charge in [0.15, 0.2) is 5.37 Å². The molecule has 0 amide bonds. The van der Waals surface area contributed by atoms with Crippen LogP contribution in [0.1, 0.15) is 6.92 Å². The number of thioether (sulfide) groups is 1. The molecule has 14 heavy (non-hydrogen) atoms. The fraction of sp³-hybridized carbons (Fsp3) is 0.300. The third-order valence-electron chi connectivity index (χ3n) is 1.54. The zero-order valence-corrected chi connectivity index (χ0v) is 8.79. The Hall–Kier alpha value is -1.00. The maximum Gasteiger partial charge on any atom is 0.338 e. The van der Waals surface area contributed by atoms with Crippen molar-refractivity contribution in [1.82, 2.24) is 0 Å². The van der Waals surface area contributed by atoms with Crippen molar-refractivity contribution >= 4 is 17.7 Å². The molecule has 4 heteroatoms. The van der Waals surface area contributed by atoms with Gasteiger partial charge in [0.05, 0.1) is 0 Å². The van der Waals surface area contributed by atoms with Crippen LogP contribution in [0.25, 0.3) is 0 Å². The van der Waals surface area contributed by atoms with Crippen LogP contribution >= 0.6 is 11.8 Å². The lowest BCUT2D eigenvalue weighted by Gasteiger charge is -2.09. The predicted molar refractivity (Wildman–Crippen MR) is 58.2 cm³/mol. The van der Waals surface area contributed by atoms with E-state index in [2.05, 4.69) is 0 Å². The normalized spacial score (nSPS) is 12.1. The minimum Gasteiger partial charge on any atom is -0.425 e. The lowest BCUT2D eigenvalue weighted by molar-refractivity contribution is -0.133. The van der Waals surface area contributed by atoms with Crippen molar-refractivity contribution in [3.05, 3.63) is 30.3 Å². The average Bonchev–Trinajstić information content (AvgIpc) is 2.19. The average molecular weight is 211 g/mol. The number of rotatable bonds is 4. The second kappa shape index (κ2) is 5.67. The smallest absolute Gasteiger partial charge is 0.338 e. The summed E-state index contributed by atoms with van der Waals surface area (Å²) in [7, 11) is 0. The van der Waals surface area contributed by atoms with E-state index in [4.69, 9.17) is 10.5 Å². The monoisotopic (exact) mass is 211 g/mol. The molecule has 1 unspecified atom stereocenters. The molecule has 0 saturated heterocycles. The Kier molecular flexibility index (Phi) is 4.49. The van der Waals surface area contributed by atoms with E-state index in [1.54, 1.807) is 24.3 Å². The summed E-state index contributed by atoms with van der Waals surface area (Å²) < 4.78 is 5.04. The number of esters is 1. The largest absolute Gasteiger partial charge is 0.425 e. The number of hydrogen-bond acceptors (Lipinski definition) is 4. The maximum atomic E-state index is 11.3. The van der Waals surface area contributed by atoms with Gasteiger partial charge in [-0.05, 0) is 17.9 Å². The number of para-hydroxylation sites is 1.